The highest BCUT2D eigenvalue weighted by atomic mass is 32.1. The SMILES string of the molecule is CCCCCCCCCCCCN1C(=O)c2ccc3c4ccc5c6c(ccc(c7ccc(c2c37)C1=S)c64)C(=O)N(CCCCCCCCCCCC)C5=S. The van der Waals surface area contributed by atoms with Crippen LogP contribution < -0.4 is 0 Å². The van der Waals surface area contributed by atoms with Crippen molar-refractivity contribution in [2.75, 3.05) is 13.1 Å². The van der Waals surface area contributed by atoms with Gasteiger partial charge in [-0.3, -0.25) is 19.4 Å². The Balaban J connectivity index is 1.08. The molecule has 0 atom stereocenters. The number of benzene rings is 5. The lowest BCUT2D eigenvalue weighted by molar-refractivity contribution is 0.0839. The maximum Gasteiger partial charge on any atom is 0.259 e. The third-order valence-corrected chi connectivity index (χ3v) is 13.2. The minimum Gasteiger partial charge on any atom is -0.299 e. The number of amides is 2. The highest BCUT2D eigenvalue weighted by Crippen LogP contribution is 2.46. The Morgan fingerprint density at radius 1 is 0.370 bits per heavy atom. The number of thiocarbonyl (C=S) groups is 2. The Labute approximate surface area is 333 Å². The molecule has 0 aromatic heterocycles. The fourth-order valence-corrected chi connectivity index (χ4v) is 9.98. The zero-order valence-electron chi connectivity index (χ0n) is 32.7. The lowest BCUT2D eigenvalue weighted by Crippen LogP contribution is -2.40. The van der Waals surface area contributed by atoms with Crippen LogP contribution in [0.1, 0.15) is 174 Å². The molecule has 0 fully saturated rings. The molecule has 5 aromatic rings. The smallest absolute Gasteiger partial charge is 0.259 e. The van der Waals surface area contributed by atoms with E-state index < -0.39 is 0 Å². The summed E-state index contributed by atoms with van der Waals surface area (Å²) in [5, 5.41) is 8.46. The van der Waals surface area contributed by atoms with Gasteiger partial charge in [0.05, 0.1) is 0 Å². The number of unbranched alkanes of at least 4 members (excludes halogenated alkanes) is 18. The van der Waals surface area contributed by atoms with Crippen molar-refractivity contribution >= 4 is 89.3 Å². The molecule has 0 saturated carbocycles. The van der Waals surface area contributed by atoms with E-state index in [9.17, 15) is 9.59 Å². The van der Waals surface area contributed by atoms with Crippen LogP contribution in [0.3, 0.4) is 0 Å². The van der Waals surface area contributed by atoms with E-state index in [0.29, 0.717) is 23.1 Å². The van der Waals surface area contributed by atoms with Crippen LogP contribution in [0.5, 0.6) is 0 Å². The molecule has 0 bridgehead atoms. The van der Waals surface area contributed by atoms with E-state index in [0.717, 1.165) is 91.0 Å². The van der Waals surface area contributed by atoms with Gasteiger partial charge in [-0.2, -0.15) is 0 Å². The molecule has 2 amide bonds. The second kappa shape index (κ2) is 18.0. The summed E-state index contributed by atoms with van der Waals surface area (Å²) in [6.07, 6.45) is 25.2. The normalized spacial score (nSPS) is 14.3. The molecule has 5 aromatic carbocycles. The van der Waals surface area contributed by atoms with Crippen molar-refractivity contribution in [1.82, 2.24) is 9.80 Å². The first-order valence-electron chi connectivity index (χ1n) is 21.4. The van der Waals surface area contributed by atoms with Crippen LogP contribution >= 0.6 is 24.4 Å². The van der Waals surface area contributed by atoms with Crippen molar-refractivity contribution in [1.29, 1.82) is 0 Å². The van der Waals surface area contributed by atoms with Gasteiger partial charge in [0, 0.05) is 46.1 Å². The molecule has 0 saturated heterocycles. The molecule has 4 nitrogen and oxygen atoms in total. The molecule has 2 heterocycles. The van der Waals surface area contributed by atoms with Gasteiger partial charge in [0.1, 0.15) is 9.98 Å². The van der Waals surface area contributed by atoms with Gasteiger partial charge in [0.15, 0.2) is 0 Å². The topological polar surface area (TPSA) is 40.6 Å². The van der Waals surface area contributed by atoms with Gasteiger partial charge in [-0.1, -0.05) is 190 Å². The maximum absolute atomic E-state index is 14.1. The molecule has 0 radical (unpaired) electrons. The van der Waals surface area contributed by atoms with Crippen molar-refractivity contribution < 1.29 is 9.59 Å². The van der Waals surface area contributed by atoms with E-state index in [1.54, 1.807) is 0 Å². The lowest BCUT2D eigenvalue weighted by atomic mass is 9.82. The average molecular weight is 759 g/mol. The highest BCUT2D eigenvalue weighted by molar-refractivity contribution is 7.81. The standard InChI is InChI=1S/C48H58N2O2S2/c1-3-5-7-9-11-13-15-17-19-21-31-49-45(51)37-27-23-33-36-26-30-40-44-38(28-24-34(42(36)44)35-25-29-39(47(49)53)43(37)41(33)35)46(52)50(48(40)54)32-22-20-18-16-14-12-10-8-6-4-2/h23-30H,3-22,31-32H2,1-2H3. The highest BCUT2D eigenvalue weighted by Gasteiger charge is 2.34. The fourth-order valence-electron chi connectivity index (χ4n) is 9.29. The summed E-state index contributed by atoms with van der Waals surface area (Å²) < 4.78 is 0. The number of hydrogen-bond donors (Lipinski definition) is 0. The molecule has 0 N–H and O–H groups in total. The summed E-state index contributed by atoms with van der Waals surface area (Å²) in [5.74, 6) is 0.0308. The van der Waals surface area contributed by atoms with E-state index >= 15 is 0 Å². The first-order chi connectivity index (χ1) is 26.5. The number of rotatable bonds is 22. The predicted molar refractivity (Wildman–Crippen MR) is 237 cm³/mol. The van der Waals surface area contributed by atoms with Gasteiger partial charge in [-0.25, -0.2) is 0 Å². The number of carbonyl (C=O) groups is 2. The largest absolute Gasteiger partial charge is 0.299 e. The zero-order valence-corrected chi connectivity index (χ0v) is 34.3. The third kappa shape index (κ3) is 7.54. The van der Waals surface area contributed by atoms with Gasteiger partial charge >= 0.3 is 0 Å². The summed E-state index contributed by atoms with van der Waals surface area (Å²) in [6, 6.07) is 16.8. The number of carbonyl (C=O) groups excluding carboxylic acids is 2. The quantitative estimate of drug-likeness (QED) is 0.0305. The van der Waals surface area contributed by atoms with Crippen LogP contribution in [0.4, 0.5) is 0 Å². The molecule has 54 heavy (non-hydrogen) atoms. The van der Waals surface area contributed by atoms with Crippen molar-refractivity contribution in [3.8, 4) is 0 Å². The van der Waals surface area contributed by atoms with Crippen LogP contribution in [0.2, 0.25) is 0 Å². The lowest BCUT2D eigenvalue weighted by Gasteiger charge is -2.32. The molecular weight excluding hydrogens is 701 g/mol. The summed E-state index contributed by atoms with van der Waals surface area (Å²) in [4.78, 5) is 33.1. The van der Waals surface area contributed by atoms with Gasteiger partial charge in [-0.05, 0) is 57.3 Å². The van der Waals surface area contributed by atoms with Crippen LogP contribution in [-0.2, 0) is 0 Å². The van der Waals surface area contributed by atoms with Crippen molar-refractivity contribution in [3.05, 3.63) is 70.8 Å². The number of fused-ring (bicyclic) bond motifs is 2. The average Bonchev–Trinajstić information content (AvgIpc) is 3.19. The van der Waals surface area contributed by atoms with Crippen LogP contribution in [-0.4, -0.2) is 44.7 Å². The Bertz CT molecular complexity index is 1900. The molecular formula is C48H58N2O2S2. The monoisotopic (exact) mass is 758 g/mol. The Kier molecular flexibility index (Phi) is 12.9. The second-order valence-corrected chi connectivity index (χ2v) is 16.8. The zero-order chi connectivity index (χ0) is 37.6. The van der Waals surface area contributed by atoms with Crippen molar-refractivity contribution in [2.45, 2.75) is 142 Å². The molecule has 7 rings (SSSR count). The number of nitrogens with zero attached hydrogens (tertiary/aromatic N) is 2. The first-order valence-corrected chi connectivity index (χ1v) is 22.2. The Hall–Kier alpha value is -3.48. The summed E-state index contributed by atoms with van der Waals surface area (Å²) in [6.45, 7) is 5.86. The maximum atomic E-state index is 14.1. The van der Waals surface area contributed by atoms with Gasteiger partial charge in [0.2, 0.25) is 0 Å². The summed E-state index contributed by atoms with van der Waals surface area (Å²) >= 11 is 12.1. The minimum absolute atomic E-state index is 0.0154. The van der Waals surface area contributed by atoms with Crippen molar-refractivity contribution in [2.24, 2.45) is 0 Å². The third-order valence-electron chi connectivity index (χ3n) is 12.3. The molecule has 0 unspecified atom stereocenters. The van der Waals surface area contributed by atoms with Crippen LogP contribution in [0, 0.1) is 0 Å². The molecule has 284 valence electrons. The van der Waals surface area contributed by atoms with E-state index in [2.05, 4.69) is 50.2 Å². The van der Waals surface area contributed by atoms with E-state index in [1.165, 1.54) is 103 Å². The Morgan fingerprint density at radius 3 is 0.963 bits per heavy atom. The molecule has 2 aliphatic heterocycles. The summed E-state index contributed by atoms with van der Waals surface area (Å²) in [7, 11) is 0. The van der Waals surface area contributed by atoms with Crippen LogP contribution in [0.25, 0.3) is 43.1 Å². The predicted octanol–water partition coefficient (Wildman–Crippen LogP) is 13.8. The number of hydrogen-bond acceptors (Lipinski definition) is 4. The van der Waals surface area contributed by atoms with Gasteiger partial charge < -0.3 is 0 Å². The van der Waals surface area contributed by atoms with Crippen molar-refractivity contribution in [3.63, 3.8) is 0 Å². The van der Waals surface area contributed by atoms with Gasteiger partial charge in [-0.15, -0.1) is 0 Å². The van der Waals surface area contributed by atoms with E-state index in [4.69, 9.17) is 24.4 Å². The summed E-state index contributed by atoms with van der Waals surface area (Å²) in [5.41, 5.74) is 3.42. The molecule has 6 heteroatoms. The van der Waals surface area contributed by atoms with Crippen LogP contribution in [0.15, 0.2) is 48.5 Å². The fraction of sp³-hybridized carbons (Fsp3) is 0.500. The second-order valence-electron chi connectivity index (χ2n) is 16.0. The van der Waals surface area contributed by atoms with E-state index in [-0.39, 0.29) is 11.8 Å². The molecule has 0 aliphatic carbocycles. The molecule has 0 spiro atoms. The first kappa shape index (κ1) is 38.8. The molecule has 2 aliphatic rings. The van der Waals surface area contributed by atoms with Gasteiger partial charge in [0.25, 0.3) is 11.8 Å². The van der Waals surface area contributed by atoms with E-state index in [1.807, 2.05) is 21.9 Å². The minimum atomic E-state index is 0.0154. The Morgan fingerprint density at radius 2 is 0.648 bits per heavy atom.